The fourth-order valence-corrected chi connectivity index (χ4v) is 1.12. The largest absolute Gasteiger partial charge is 0.481 e. The third-order valence-corrected chi connectivity index (χ3v) is 1.80. The molecule has 1 aliphatic rings. The van der Waals surface area contributed by atoms with Crippen molar-refractivity contribution < 1.29 is 9.90 Å². The Kier molecular flexibility index (Phi) is 2.06. The number of allylic oxidation sites excluding steroid dienone is 1. The van der Waals surface area contributed by atoms with Crippen LogP contribution in [-0.2, 0) is 4.79 Å². The van der Waals surface area contributed by atoms with Gasteiger partial charge in [0, 0.05) is 6.04 Å². The van der Waals surface area contributed by atoms with Gasteiger partial charge in [-0.15, -0.1) is 0 Å². The first-order valence-electron chi connectivity index (χ1n) is 3.35. The van der Waals surface area contributed by atoms with E-state index in [0.717, 1.165) is 0 Å². The van der Waals surface area contributed by atoms with E-state index in [4.69, 9.17) is 10.8 Å². The van der Waals surface area contributed by atoms with Crippen LogP contribution in [0.4, 0.5) is 0 Å². The van der Waals surface area contributed by atoms with E-state index < -0.39 is 5.97 Å². The van der Waals surface area contributed by atoms with E-state index in [1.165, 1.54) is 0 Å². The van der Waals surface area contributed by atoms with Crippen molar-refractivity contribution in [3.63, 3.8) is 0 Å². The summed E-state index contributed by atoms with van der Waals surface area (Å²) in [6.07, 6.45) is 5.08. The number of carbonyl (C=O) groups is 1. The van der Waals surface area contributed by atoms with Crippen LogP contribution in [-0.4, -0.2) is 17.1 Å². The molecule has 0 bridgehead atoms. The quantitative estimate of drug-likeness (QED) is 0.518. The van der Waals surface area contributed by atoms with Gasteiger partial charge in [-0.3, -0.25) is 4.79 Å². The predicted molar refractivity (Wildman–Crippen MR) is 37.5 cm³/mol. The number of hydrogen-bond donors (Lipinski definition) is 2. The zero-order valence-corrected chi connectivity index (χ0v) is 5.66. The molecule has 3 heteroatoms. The van der Waals surface area contributed by atoms with Crippen LogP contribution in [0.5, 0.6) is 0 Å². The summed E-state index contributed by atoms with van der Waals surface area (Å²) in [7, 11) is 0. The number of nitrogens with two attached hydrogens (primary N) is 1. The molecule has 1 rings (SSSR count). The van der Waals surface area contributed by atoms with Crippen molar-refractivity contribution in [1.82, 2.24) is 0 Å². The van der Waals surface area contributed by atoms with Gasteiger partial charge in [-0.05, 0) is 12.8 Å². The van der Waals surface area contributed by atoms with Gasteiger partial charge >= 0.3 is 5.97 Å². The first kappa shape index (κ1) is 7.28. The SMILES string of the molecule is N[C@@H]1CC=CC[C@H]1C(=O)O. The number of carboxylic acids is 1. The van der Waals surface area contributed by atoms with Crippen LogP contribution in [0, 0.1) is 5.92 Å². The maximum atomic E-state index is 10.5. The van der Waals surface area contributed by atoms with Crippen LogP contribution in [0.2, 0.25) is 0 Å². The van der Waals surface area contributed by atoms with Gasteiger partial charge in [0.2, 0.25) is 0 Å². The molecule has 0 fully saturated rings. The second-order valence-corrected chi connectivity index (χ2v) is 2.55. The molecule has 10 heavy (non-hydrogen) atoms. The molecular weight excluding hydrogens is 130 g/mol. The molecule has 0 heterocycles. The van der Waals surface area contributed by atoms with Crippen molar-refractivity contribution in [2.24, 2.45) is 11.7 Å². The number of rotatable bonds is 1. The van der Waals surface area contributed by atoms with Crippen LogP contribution in [0.3, 0.4) is 0 Å². The van der Waals surface area contributed by atoms with E-state index in [-0.39, 0.29) is 12.0 Å². The van der Waals surface area contributed by atoms with Crippen molar-refractivity contribution in [2.45, 2.75) is 18.9 Å². The lowest BCUT2D eigenvalue weighted by Crippen LogP contribution is -2.36. The highest BCUT2D eigenvalue weighted by molar-refractivity contribution is 5.71. The van der Waals surface area contributed by atoms with Crippen molar-refractivity contribution >= 4 is 5.97 Å². The Balaban J connectivity index is 2.59. The van der Waals surface area contributed by atoms with Crippen LogP contribution < -0.4 is 5.73 Å². The Hall–Kier alpha value is -0.830. The molecule has 3 N–H and O–H groups in total. The fraction of sp³-hybridized carbons (Fsp3) is 0.571. The predicted octanol–water partition coefficient (Wildman–Crippen LogP) is 0.364. The van der Waals surface area contributed by atoms with E-state index in [1.807, 2.05) is 12.2 Å². The molecule has 0 aromatic heterocycles. The van der Waals surface area contributed by atoms with Gasteiger partial charge in [-0.1, -0.05) is 12.2 Å². The summed E-state index contributed by atoms with van der Waals surface area (Å²) in [6, 6.07) is -0.192. The summed E-state index contributed by atoms with van der Waals surface area (Å²) in [4.78, 5) is 10.5. The monoisotopic (exact) mass is 141 g/mol. The molecule has 0 saturated carbocycles. The van der Waals surface area contributed by atoms with E-state index in [1.54, 1.807) is 0 Å². The molecule has 0 aromatic rings. The normalized spacial score (nSPS) is 32.1. The average molecular weight is 141 g/mol. The van der Waals surface area contributed by atoms with Crippen molar-refractivity contribution in [3.8, 4) is 0 Å². The summed E-state index contributed by atoms with van der Waals surface area (Å²) in [5, 5.41) is 8.59. The van der Waals surface area contributed by atoms with E-state index >= 15 is 0 Å². The average Bonchev–Trinajstić information content (AvgIpc) is 1.88. The lowest BCUT2D eigenvalue weighted by atomic mass is 9.90. The highest BCUT2D eigenvalue weighted by Gasteiger charge is 2.24. The maximum absolute atomic E-state index is 10.5. The van der Waals surface area contributed by atoms with Crippen molar-refractivity contribution in [2.75, 3.05) is 0 Å². The summed E-state index contributed by atoms with van der Waals surface area (Å²) in [5.41, 5.74) is 5.55. The van der Waals surface area contributed by atoms with Gasteiger partial charge < -0.3 is 10.8 Å². The third kappa shape index (κ3) is 1.36. The van der Waals surface area contributed by atoms with Gasteiger partial charge in [-0.2, -0.15) is 0 Å². The van der Waals surface area contributed by atoms with E-state index in [9.17, 15) is 4.79 Å². The van der Waals surface area contributed by atoms with Gasteiger partial charge in [-0.25, -0.2) is 0 Å². The zero-order valence-electron chi connectivity index (χ0n) is 5.66. The first-order valence-corrected chi connectivity index (χ1v) is 3.35. The minimum Gasteiger partial charge on any atom is -0.481 e. The van der Waals surface area contributed by atoms with E-state index in [2.05, 4.69) is 0 Å². The molecule has 2 atom stereocenters. The molecule has 0 unspecified atom stereocenters. The molecule has 0 saturated heterocycles. The molecular formula is C7H11NO2. The standard InChI is InChI=1S/C7H11NO2/c8-6-4-2-1-3-5(6)7(9)10/h1-2,5-6H,3-4,8H2,(H,9,10)/t5-,6-/m1/s1. The van der Waals surface area contributed by atoms with Crippen molar-refractivity contribution in [3.05, 3.63) is 12.2 Å². The summed E-state index contributed by atoms with van der Waals surface area (Å²) in [5.74, 6) is -1.15. The maximum Gasteiger partial charge on any atom is 0.308 e. The first-order chi connectivity index (χ1) is 4.72. The molecule has 0 radical (unpaired) electrons. The lowest BCUT2D eigenvalue weighted by Gasteiger charge is -2.20. The molecule has 0 spiro atoms. The molecule has 1 aliphatic carbocycles. The number of hydrogen-bond acceptors (Lipinski definition) is 2. The highest BCUT2D eigenvalue weighted by Crippen LogP contribution is 2.16. The van der Waals surface area contributed by atoms with Crippen molar-refractivity contribution in [1.29, 1.82) is 0 Å². The topological polar surface area (TPSA) is 63.3 Å². The Labute approximate surface area is 59.5 Å². The molecule has 56 valence electrons. The third-order valence-electron chi connectivity index (χ3n) is 1.80. The van der Waals surface area contributed by atoms with Gasteiger partial charge in [0.1, 0.15) is 0 Å². The molecule has 0 amide bonds. The molecule has 3 nitrogen and oxygen atoms in total. The van der Waals surface area contributed by atoms with Gasteiger partial charge in [0.05, 0.1) is 5.92 Å². The van der Waals surface area contributed by atoms with Crippen LogP contribution in [0.25, 0.3) is 0 Å². The minimum atomic E-state index is -0.781. The smallest absolute Gasteiger partial charge is 0.308 e. The number of aliphatic carboxylic acids is 1. The second-order valence-electron chi connectivity index (χ2n) is 2.55. The Morgan fingerprint density at radius 2 is 2.10 bits per heavy atom. The molecule has 0 aliphatic heterocycles. The second kappa shape index (κ2) is 2.84. The Morgan fingerprint density at radius 1 is 1.50 bits per heavy atom. The Bertz CT molecular complexity index is 165. The summed E-state index contributed by atoms with van der Waals surface area (Å²) >= 11 is 0. The molecule has 0 aromatic carbocycles. The van der Waals surface area contributed by atoms with Gasteiger partial charge in [0.15, 0.2) is 0 Å². The Morgan fingerprint density at radius 3 is 2.50 bits per heavy atom. The van der Waals surface area contributed by atoms with E-state index in [0.29, 0.717) is 12.8 Å². The summed E-state index contributed by atoms with van der Waals surface area (Å²) in [6.45, 7) is 0. The zero-order chi connectivity index (χ0) is 7.56. The lowest BCUT2D eigenvalue weighted by molar-refractivity contribution is -0.142. The van der Waals surface area contributed by atoms with Crippen LogP contribution in [0.15, 0.2) is 12.2 Å². The van der Waals surface area contributed by atoms with Crippen LogP contribution >= 0.6 is 0 Å². The van der Waals surface area contributed by atoms with Gasteiger partial charge in [0.25, 0.3) is 0 Å². The highest BCUT2D eigenvalue weighted by atomic mass is 16.4. The fourth-order valence-electron chi connectivity index (χ4n) is 1.12. The number of carboxylic acid groups (broad SMARTS) is 1. The minimum absolute atomic E-state index is 0.192. The summed E-state index contributed by atoms with van der Waals surface area (Å²) < 4.78 is 0. The van der Waals surface area contributed by atoms with Crippen LogP contribution in [0.1, 0.15) is 12.8 Å².